The Labute approximate surface area is 120 Å². The van der Waals surface area contributed by atoms with Crippen LogP contribution in [0, 0.1) is 15.5 Å². The molecule has 1 rings (SSSR count). The van der Waals surface area contributed by atoms with Crippen LogP contribution in [0.3, 0.4) is 0 Å². The number of hydrogen-bond acceptors (Lipinski definition) is 5. The van der Waals surface area contributed by atoms with Gasteiger partial charge in [-0.15, -0.1) is 0 Å². The summed E-state index contributed by atoms with van der Waals surface area (Å²) in [5.74, 6) is 0.586. The predicted octanol–water partition coefficient (Wildman–Crippen LogP) is 2.96. The molecule has 19 heavy (non-hydrogen) atoms. The molecule has 0 atom stereocenters. The molecule has 1 aromatic rings. The molecule has 1 heterocycles. The van der Waals surface area contributed by atoms with E-state index in [1.54, 1.807) is 0 Å². The Morgan fingerprint density at radius 2 is 2.26 bits per heavy atom. The summed E-state index contributed by atoms with van der Waals surface area (Å²) in [5, 5.41) is 22.6. The van der Waals surface area contributed by atoms with Gasteiger partial charge in [-0.3, -0.25) is 10.1 Å². The van der Waals surface area contributed by atoms with Crippen LogP contribution in [-0.2, 0) is 0 Å². The van der Waals surface area contributed by atoms with E-state index in [0.717, 1.165) is 12.8 Å². The largest absolute Gasteiger partial charge is 0.396 e. The van der Waals surface area contributed by atoms with Crippen LogP contribution in [0.1, 0.15) is 26.7 Å². The fourth-order valence-corrected chi connectivity index (χ4v) is 2.10. The minimum Gasteiger partial charge on any atom is -0.396 e. The van der Waals surface area contributed by atoms with Crippen molar-refractivity contribution in [2.75, 3.05) is 18.5 Å². The summed E-state index contributed by atoms with van der Waals surface area (Å²) in [6.45, 7) is 5.04. The maximum absolute atomic E-state index is 10.6. The molecule has 0 aliphatic carbocycles. The van der Waals surface area contributed by atoms with Gasteiger partial charge in [-0.05, 0) is 34.2 Å². The number of hydrogen-bond donors (Lipinski definition) is 2. The lowest BCUT2D eigenvalue weighted by atomic mass is 9.88. The average Bonchev–Trinajstić information content (AvgIpc) is 2.35. The van der Waals surface area contributed by atoms with Crippen molar-refractivity contribution >= 4 is 27.4 Å². The van der Waals surface area contributed by atoms with Crippen LogP contribution < -0.4 is 5.32 Å². The zero-order valence-corrected chi connectivity index (χ0v) is 12.6. The molecule has 0 unspecified atom stereocenters. The fourth-order valence-electron chi connectivity index (χ4n) is 1.63. The van der Waals surface area contributed by atoms with Gasteiger partial charge in [-0.1, -0.05) is 13.8 Å². The summed E-state index contributed by atoms with van der Waals surface area (Å²) in [4.78, 5) is 14.2. The van der Waals surface area contributed by atoms with Crippen LogP contribution in [0.15, 0.2) is 16.7 Å². The van der Waals surface area contributed by atoms with E-state index in [4.69, 9.17) is 5.11 Å². The van der Waals surface area contributed by atoms with Crippen molar-refractivity contribution in [2.24, 2.45) is 5.41 Å². The van der Waals surface area contributed by atoms with Gasteiger partial charge in [-0.2, -0.15) is 0 Å². The zero-order chi connectivity index (χ0) is 14.5. The molecule has 7 heteroatoms. The zero-order valence-electron chi connectivity index (χ0n) is 11.0. The van der Waals surface area contributed by atoms with Crippen molar-refractivity contribution in [3.8, 4) is 0 Å². The number of anilines is 1. The molecule has 0 saturated carbocycles. The number of pyridine rings is 1. The van der Waals surface area contributed by atoms with E-state index in [2.05, 4.69) is 40.1 Å². The second-order valence-corrected chi connectivity index (χ2v) is 5.98. The molecule has 2 N–H and O–H groups in total. The Bertz CT molecular complexity index is 452. The lowest BCUT2D eigenvalue weighted by Gasteiger charge is -2.25. The monoisotopic (exact) mass is 331 g/mol. The maximum Gasteiger partial charge on any atom is 0.288 e. The van der Waals surface area contributed by atoms with E-state index in [0.29, 0.717) is 16.8 Å². The van der Waals surface area contributed by atoms with Gasteiger partial charge in [-0.25, -0.2) is 4.98 Å². The molecule has 0 spiro atoms. The number of aromatic nitrogens is 1. The van der Waals surface area contributed by atoms with Crippen molar-refractivity contribution in [1.29, 1.82) is 0 Å². The molecule has 0 bridgehead atoms. The summed E-state index contributed by atoms with van der Waals surface area (Å²) in [6.07, 6.45) is 2.87. The highest BCUT2D eigenvalue weighted by atomic mass is 79.9. The van der Waals surface area contributed by atoms with Gasteiger partial charge < -0.3 is 10.4 Å². The van der Waals surface area contributed by atoms with Gasteiger partial charge in [0.1, 0.15) is 12.0 Å². The molecule has 0 aliphatic heterocycles. The Morgan fingerprint density at radius 1 is 1.58 bits per heavy atom. The standard InChI is InChI=1S/C12H18BrN3O3/c1-12(2,4-3-5-17)8-15-11-10(13)6-9(7-14-11)16(18)19/h6-7,17H,3-5,8H2,1-2H3,(H,14,15). The molecule has 6 nitrogen and oxygen atoms in total. The van der Waals surface area contributed by atoms with E-state index in [-0.39, 0.29) is 17.7 Å². The molecule has 0 aromatic carbocycles. The third-order valence-electron chi connectivity index (χ3n) is 2.78. The summed E-state index contributed by atoms with van der Waals surface area (Å²) in [7, 11) is 0. The second kappa shape index (κ2) is 6.81. The number of nitro groups is 1. The molecule has 0 amide bonds. The first-order chi connectivity index (χ1) is 8.85. The molecule has 0 fully saturated rings. The van der Waals surface area contributed by atoms with Crippen molar-refractivity contribution in [3.63, 3.8) is 0 Å². The molecule has 106 valence electrons. The molecule has 0 aliphatic rings. The number of aliphatic hydroxyl groups is 1. The van der Waals surface area contributed by atoms with Gasteiger partial charge in [0.05, 0.1) is 9.40 Å². The quantitative estimate of drug-likeness (QED) is 0.592. The van der Waals surface area contributed by atoms with Crippen LogP contribution in [0.25, 0.3) is 0 Å². The number of halogens is 1. The number of rotatable bonds is 7. The summed E-state index contributed by atoms with van der Waals surface area (Å²) in [6, 6.07) is 1.43. The highest BCUT2D eigenvalue weighted by Gasteiger charge is 2.18. The first kappa shape index (κ1) is 15.8. The second-order valence-electron chi connectivity index (χ2n) is 5.13. The van der Waals surface area contributed by atoms with Gasteiger partial charge in [0, 0.05) is 19.2 Å². The molecular weight excluding hydrogens is 314 g/mol. The lowest BCUT2D eigenvalue weighted by molar-refractivity contribution is -0.385. The Kier molecular flexibility index (Phi) is 5.68. The molecule has 1 aromatic heterocycles. The smallest absolute Gasteiger partial charge is 0.288 e. The van der Waals surface area contributed by atoms with E-state index in [9.17, 15) is 10.1 Å². The van der Waals surface area contributed by atoms with Gasteiger partial charge in [0.2, 0.25) is 0 Å². The van der Waals surface area contributed by atoms with Crippen molar-refractivity contribution in [1.82, 2.24) is 4.98 Å². The molecular formula is C12H18BrN3O3. The van der Waals surface area contributed by atoms with Crippen molar-refractivity contribution in [2.45, 2.75) is 26.7 Å². The summed E-state index contributed by atoms with van der Waals surface area (Å²) < 4.78 is 0.569. The maximum atomic E-state index is 10.6. The molecule has 0 radical (unpaired) electrons. The van der Waals surface area contributed by atoms with Gasteiger partial charge >= 0.3 is 0 Å². The average molecular weight is 332 g/mol. The van der Waals surface area contributed by atoms with Crippen LogP contribution in [0.4, 0.5) is 11.5 Å². The lowest BCUT2D eigenvalue weighted by Crippen LogP contribution is -2.24. The summed E-state index contributed by atoms with van der Waals surface area (Å²) >= 11 is 3.27. The highest BCUT2D eigenvalue weighted by Crippen LogP contribution is 2.27. The van der Waals surface area contributed by atoms with E-state index >= 15 is 0 Å². The minimum absolute atomic E-state index is 0.0195. The fraction of sp³-hybridized carbons (Fsp3) is 0.583. The molecule has 0 saturated heterocycles. The highest BCUT2D eigenvalue weighted by molar-refractivity contribution is 9.10. The van der Waals surface area contributed by atoms with E-state index in [1.165, 1.54) is 12.3 Å². The van der Waals surface area contributed by atoms with Gasteiger partial charge in [0.15, 0.2) is 0 Å². The Balaban J connectivity index is 2.65. The number of aliphatic hydroxyl groups excluding tert-OH is 1. The first-order valence-corrected chi connectivity index (χ1v) is 6.80. The first-order valence-electron chi connectivity index (χ1n) is 6.00. The van der Waals surface area contributed by atoms with Crippen molar-refractivity contribution in [3.05, 3.63) is 26.9 Å². The SMILES string of the molecule is CC(C)(CCCO)CNc1ncc([N+](=O)[O-])cc1Br. The number of nitrogens with one attached hydrogen (secondary N) is 1. The minimum atomic E-state index is -0.479. The van der Waals surface area contributed by atoms with Crippen molar-refractivity contribution < 1.29 is 10.0 Å². The van der Waals surface area contributed by atoms with E-state index < -0.39 is 4.92 Å². The third kappa shape index (κ3) is 5.12. The predicted molar refractivity (Wildman–Crippen MR) is 77.2 cm³/mol. The van der Waals surface area contributed by atoms with Crippen LogP contribution in [0.5, 0.6) is 0 Å². The summed E-state index contributed by atoms with van der Waals surface area (Å²) in [5.41, 5.74) is -0.0250. The Hall–Kier alpha value is -1.21. The van der Waals surface area contributed by atoms with E-state index in [1.807, 2.05) is 0 Å². The van der Waals surface area contributed by atoms with Crippen LogP contribution >= 0.6 is 15.9 Å². The van der Waals surface area contributed by atoms with Gasteiger partial charge in [0.25, 0.3) is 5.69 Å². The Morgan fingerprint density at radius 3 is 2.79 bits per heavy atom. The normalized spacial score (nSPS) is 11.4. The van der Waals surface area contributed by atoms with Crippen LogP contribution in [0.2, 0.25) is 0 Å². The van der Waals surface area contributed by atoms with Crippen LogP contribution in [-0.4, -0.2) is 28.2 Å². The number of nitrogens with zero attached hydrogens (tertiary/aromatic N) is 2. The third-order valence-corrected chi connectivity index (χ3v) is 3.39. The topological polar surface area (TPSA) is 88.3 Å².